The summed E-state index contributed by atoms with van der Waals surface area (Å²) >= 11 is 0. The Morgan fingerprint density at radius 3 is 1.51 bits per heavy atom. The Hall–Kier alpha value is -3.52. The van der Waals surface area contributed by atoms with Crippen molar-refractivity contribution in [3.8, 4) is 0 Å². The second-order valence-corrected chi connectivity index (χ2v) is 13.6. The van der Waals surface area contributed by atoms with Gasteiger partial charge in [0.2, 0.25) is 0 Å². The van der Waals surface area contributed by atoms with Crippen LogP contribution in [-0.2, 0) is 16.3 Å². The molecule has 0 radical (unpaired) electrons. The van der Waals surface area contributed by atoms with Gasteiger partial charge < -0.3 is 0 Å². The van der Waals surface area contributed by atoms with Gasteiger partial charge in [-0.3, -0.25) is 0 Å². The predicted octanol–water partition coefficient (Wildman–Crippen LogP) is 7.59. The van der Waals surface area contributed by atoms with Crippen molar-refractivity contribution in [2.45, 2.75) is 17.1 Å². The monoisotopic (exact) mass is 519 g/mol. The van der Waals surface area contributed by atoms with E-state index in [1.165, 1.54) is 16.2 Å². The van der Waals surface area contributed by atoms with Crippen molar-refractivity contribution >= 4 is 28.3 Å². The molecule has 0 bridgehead atoms. The Labute approximate surface area is 222 Å². The topological polar surface area (TPSA) is 29.4 Å². The van der Waals surface area contributed by atoms with Gasteiger partial charge in [0.15, 0.2) is 0 Å². The Bertz CT molecular complexity index is 1460. The number of rotatable bonds is 9. The predicted molar refractivity (Wildman–Crippen MR) is 159 cm³/mol. The Balaban J connectivity index is 1.67. The summed E-state index contributed by atoms with van der Waals surface area (Å²) in [6, 6.07) is 51.8. The minimum Gasteiger partial charge on any atom is -0.245 e. The first-order chi connectivity index (χ1) is 18.2. The van der Waals surface area contributed by atoms with Crippen molar-refractivity contribution in [2.24, 2.45) is 4.36 Å². The van der Waals surface area contributed by atoms with Gasteiger partial charge in [-0.15, -0.1) is 0 Å². The molecule has 0 fully saturated rings. The van der Waals surface area contributed by atoms with Crippen LogP contribution in [0.1, 0.15) is 16.8 Å². The van der Waals surface area contributed by atoms with Crippen molar-refractivity contribution in [1.29, 1.82) is 0 Å². The third kappa shape index (κ3) is 6.25. The van der Waals surface area contributed by atoms with Gasteiger partial charge in [-0.2, -0.15) is 0 Å². The molecule has 0 saturated carbocycles. The van der Waals surface area contributed by atoms with Gasteiger partial charge in [0, 0.05) is 16.3 Å². The Morgan fingerprint density at radius 1 is 0.568 bits per heavy atom. The number of benzene rings is 5. The van der Waals surface area contributed by atoms with Crippen molar-refractivity contribution in [3.63, 3.8) is 0 Å². The fourth-order valence-corrected chi connectivity index (χ4v) is 10.2. The van der Waals surface area contributed by atoms with Gasteiger partial charge in [-0.05, 0) is 41.8 Å². The maximum Gasteiger partial charge on any atom is 0.0765 e. The van der Waals surface area contributed by atoms with Gasteiger partial charge in [0.1, 0.15) is 0 Å². The molecule has 5 rings (SSSR count). The number of hydrogen-bond donors (Lipinski definition) is 0. The average Bonchev–Trinajstić information content (AvgIpc) is 2.98. The van der Waals surface area contributed by atoms with E-state index in [0.29, 0.717) is 12.3 Å². The minimum atomic E-state index is -2.73. The van der Waals surface area contributed by atoms with E-state index in [-0.39, 0.29) is 5.66 Å². The Morgan fingerprint density at radius 2 is 1.00 bits per heavy atom. The van der Waals surface area contributed by atoms with E-state index in [9.17, 15) is 4.21 Å². The summed E-state index contributed by atoms with van der Waals surface area (Å²) in [4.78, 5) is 0.794. The first-order valence-electron chi connectivity index (χ1n) is 12.5. The SMILES string of the molecule is O=S(CC(c1ccccc1)P(c1ccccc1)c1ccccc1)(=NCc1ccccc1)c1ccccc1. The van der Waals surface area contributed by atoms with Crippen LogP contribution >= 0.6 is 7.92 Å². The summed E-state index contributed by atoms with van der Waals surface area (Å²) in [5, 5.41) is 2.55. The number of hydrogen-bond acceptors (Lipinski definition) is 2. The third-order valence-electron chi connectivity index (χ3n) is 6.36. The molecule has 5 aromatic rings. The average molecular weight is 520 g/mol. The fourth-order valence-electron chi connectivity index (χ4n) is 4.51. The van der Waals surface area contributed by atoms with Crippen LogP contribution < -0.4 is 10.6 Å². The maximum atomic E-state index is 15.0. The second-order valence-electron chi connectivity index (χ2n) is 8.86. The van der Waals surface area contributed by atoms with Crippen molar-refractivity contribution < 1.29 is 4.21 Å². The molecule has 0 aromatic heterocycles. The second kappa shape index (κ2) is 12.1. The van der Waals surface area contributed by atoms with E-state index in [4.69, 9.17) is 4.36 Å². The lowest BCUT2D eigenvalue weighted by atomic mass is 10.2. The fraction of sp³-hybridized carbons (Fsp3) is 0.0909. The molecular formula is C33H30NOPS. The van der Waals surface area contributed by atoms with Gasteiger partial charge in [0.25, 0.3) is 0 Å². The molecule has 5 aromatic carbocycles. The van der Waals surface area contributed by atoms with Crippen LogP contribution in [-0.4, -0.2) is 9.96 Å². The van der Waals surface area contributed by atoms with Gasteiger partial charge in [0.05, 0.1) is 16.3 Å². The minimum absolute atomic E-state index is 0.0215. The standard InChI is InChI=1S/C33H30NOPS/c35-37(32-24-14-5-15-25-32,34-26-28-16-6-1-7-17-28)27-33(29-18-8-2-9-19-29)36(30-20-10-3-11-21-30)31-22-12-4-13-23-31/h1-25,33H,26-27H2. The molecule has 0 aliphatic rings. The lowest BCUT2D eigenvalue weighted by molar-refractivity contribution is 0.672. The highest BCUT2D eigenvalue weighted by atomic mass is 32.2. The first kappa shape index (κ1) is 25.1. The third-order valence-corrected chi connectivity index (χ3v) is 11.8. The first-order valence-corrected chi connectivity index (χ1v) is 15.6. The zero-order valence-corrected chi connectivity index (χ0v) is 22.3. The van der Waals surface area contributed by atoms with E-state index in [2.05, 4.69) is 84.9 Å². The maximum absolute atomic E-state index is 15.0. The molecule has 0 N–H and O–H groups in total. The molecule has 0 saturated heterocycles. The molecule has 2 nitrogen and oxygen atoms in total. The molecule has 0 heterocycles. The Kier molecular flexibility index (Phi) is 8.25. The lowest BCUT2D eigenvalue weighted by Crippen LogP contribution is -2.23. The summed E-state index contributed by atoms with van der Waals surface area (Å²) in [6.07, 6.45) is 0. The van der Waals surface area contributed by atoms with Crippen LogP contribution in [0.4, 0.5) is 0 Å². The molecule has 0 aliphatic heterocycles. The lowest BCUT2D eigenvalue weighted by Gasteiger charge is -2.30. The van der Waals surface area contributed by atoms with Crippen molar-refractivity contribution in [3.05, 3.63) is 163 Å². The summed E-state index contributed by atoms with van der Waals surface area (Å²) in [5.74, 6) is 0.448. The largest absolute Gasteiger partial charge is 0.245 e. The van der Waals surface area contributed by atoms with Gasteiger partial charge >= 0.3 is 0 Å². The van der Waals surface area contributed by atoms with Gasteiger partial charge in [-0.25, -0.2) is 8.57 Å². The molecule has 184 valence electrons. The van der Waals surface area contributed by atoms with E-state index < -0.39 is 17.7 Å². The summed E-state index contributed by atoms with van der Waals surface area (Å²) in [7, 11) is -3.58. The smallest absolute Gasteiger partial charge is 0.0765 e. The van der Waals surface area contributed by atoms with E-state index in [0.717, 1.165) is 10.5 Å². The number of nitrogens with zero attached hydrogens (tertiary/aromatic N) is 1. The van der Waals surface area contributed by atoms with Crippen LogP contribution in [0.15, 0.2) is 161 Å². The molecule has 4 heteroatoms. The summed E-state index contributed by atoms with van der Waals surface area (Å²) < 4.78 is 19.9. The molecule has 37 heavy (non-hydrogen) atoms. The highest BCUT2D eigenvalue weighted by Crippen LogP contribution is 2.50. The normalized spacial score (nSPS) is 13.5. The zero-order chi connectivity index (χ0) is 25.3. The van der Waals surface area contributed by atoms with Crippen LogP contribution in [0.5, 0.6) is 0 Å². The van der Waals surface area contributed by atoms with Gasteiger partial charge in [-0.1, -0.05) is 140 Å². The summed E-state index contributed by atoms with van der Waals surface area (Å²) in [5.41, 5.74) is 2.28. The van der Waals surface area contributed by atoms with E-state index in [1.807, 2.05) is 66.7 Å². The van der Waals surface area contributed by atoms with Crippen molar-refractivity contribution in [2.75, 3.05) is 5.75 Å². The van der Waals surface area contributed by atoms with E-state index >= 15 is 0 Å². The highest BCUT2D eigenvalue weighted by Gasteiger charge is 2.30. The summed E-state index contributed by atoms with van der Waals surface area (Å²) in [6.45, 7) is 0.421. The van der Waals surface area contributed by atoms with Crippen LogP contribution in [0.2, 0.25) is 0 Å². The van der Waals surface area contributed by atoms with Crippen LogP contribution in [0.25, 0.3) is 0 Å². The quantitative estimate of drug-likeness (QED) is 0.185. The van der Waals surface area contributed by atoms with Crippen LogP contribution in [0, 0.1) is 0 Å². The molecule has 2 unspecified atom stereocenters. The van der Waals surface area contributed by atoms with E-state index in [1.54, 1.807) is 0 Å². The molecule has 0 spiro atoms. The highest BCUT2D eigenvalue weighted by molar-refractivity contribution is 7.94. The van der Waals surface area contributed by atoms with Crippen LogP contribution in [0.3, 0.4) is 0 Å². The molecular weight excluding hydrogens is 489 g/mol. The molecule has 0 aliphatic carbocycles. The zero-order valence-electron chi connectivity index (χ0n) is 20.6. The van der Waals surface area contributed by atoms with Crippen molar-refractivity contribution in [1.82, 2.24) is 0 Å². The molecule has 0 amide bonds. The molecule has 2 atom stereocenters.